The minimum atomic E-state index is -3.70. The number of pyridine rings is 1. The number of carbonyl (C=O) groups is 1. The molecule has 0 bridgehead atoms. The normalized spacial score (nSPS) is 11.2. The predicted octanol–water partition coefficient (Wildman–Crippen LogP) is 3.16. The van der Waals surface area contributed by atoms with Crippen LogP contribution in [-0.4, -0.2) is 19.2 Å². The molecule has 0 aliphatic carbocycles. The quantitative estimate of drug-likeness (QED) is 0.664. The number of Topliss-reactive ketones (excluding diaryl/α,β-unsaturated/α-hetero) is 1. The van der Waals surface area contributed by atoms with E-state index in [4.69, 9.17) is 0 Å². The lowest BCUT2D eigenvalue weighted by molar-refractivity contribution is 0.101. The van der Waals surface area contributed by atoms with E-state index in [9.17, 15) is 13.2 Å². The summed E-state index contributed by atoms with van der Waals surface area (Å²) in [5.41, 5.74) is 1.67. The first-order valence-electron chi connectivity index (χ1n) is 6.05. The van der Waals surface area contributed by atoms with Gasteiger partial charge in [0.1, 0.15) is 4.60 Å². The Morgan fingerprint density at radius 3 is 2.38 bits per heavy atom. The predicted molar refractivity (Wildman–Crippen MR) is 83.9 cm³/mol. The molecule has 1 aromatic heterocycles. The van der Waals surface area contributed by atoms with Crippen LogP contribution < -0.4 is 4.72 Å². The van der Waals surface area contributed by atoms with Crippen molar-refractivity contribution in [2.75, 3.05) is 4.72 Å². The van der Waals surface area contributed by atoms with E-state index in [1.165, 1.54) is 37.4 Å². The fourth-order valence-electron chi connectivity index (χ4n) is 1.70. The lowest BCUT2D eigenvalue weighted by atomic mass is 10.2. The van der Waals surface area contributed by atoms with Crippen LogP contribution in [0.4, 0.5) is 5.69 Å². The number of aryl methyl sites for hydroxylation is 1. The zero-order valence-electron chi connectivity index (χ0n) is 11.4. The summed E-state index contributed by atoms with van der Waals surface area (Å²) >= 11 is 3.26. The van der Waals surface area contributed by atoms with Crippen molar-refractivity contribution >= 4 is 37.4 Å². The molecule has 110 valence electrons. The van der Waals surface area contributed by atoms with Gasteiger partial charge in [0.05, 0.1) is 16.8 Å². The standard InChI is InChI=1S/C14H13BrN2O3S/c1-9-7-12(8-16-14(9)15)17-21(19,20)13-5-3-11(4-6-13)10(2)18/h3-8,17H,1-2H3. The van der Waals surface area contributed by atoms with E-state index in [2.05, 4.69) is 25.6 Å². The van der Waals surface area contributed by atoms with Gasteiger partial charge in [-0.05, 0) is 53.5 Å². The third-order valence-electron chi connectivity index (χ3n) is 2.84. The maximum Gasteiger partial charge on any atom is 0.261 e. The molecule has 5 nitrogen and oxygen atoms in total. The molecule has 0 radical (unpaired) electrons. The van der Waals surface area contributed by atoms with Crippen LogP contribution in [0.5, 0.6) is 0 Å². The van der Waals surface area contributed by atoms with Crippen LogP contribution in [0.15, 0.2) is 46.0 Å². The highest BCUT2D eigenvalue weighted by Gasteiger charge is 2.15. The molecule has 0 saturated carbocycles. The first-order valence-corrected chi connectivity index (χ1v) is 8.33. The largest absolute Gasteiger partial charge is 0.295 e. The van der Waals surface area contributed by atoms with Crippen molar-refractivity contribution in [2.24, 2.45) is 0 Å². The van der Waals surface area contributed by atoms with Crippen LogP contribution in [0.1, 0.15) is 22.8 Å². The van der Waals surface area contributed by atoms with Crippen molar-refractivity contribution in [1.82, 2.24) is 4.98 Å². The molecule has 1 N–H and O–H groups in total. The Bertz CT molecular complexity index is 786. The van der Waals surface area contributed by atoms with Crippen LogP contribution in [0.3, 0.4) is 0 Å². The minimum Gasteiger partial charge on any atom is -0.295 e. The van der Waals surface area contributed by atoms with Gasteiger partial charge in [0.15, 0.2) is 5.78 Å². The number of carbonyl (C=O) groups excluding carboxylic acids is 1. The van der Waals surface area contributed by atoms with Gasteiger partial charge in [-0.25, -0.2) is 13.4 Å². The summed E-state index contributed by atoms with van der Waals surface area (Å²) in [4.78, 5) is 15.3. The van der Waals surface area contributed by atoms with Crippen LogP contribution >= 0.6 is 15.9 Å². The third-order valence-corrected chi connectivity index (χ3v) is 5.07. The van der Waals surface area contributed by atoms with Crippen LogP contribution in [0.2, 0.25) is 0 Å². The molecule has 0 unspecified atom stereocenters. The Hall–Kier alpha value is -1.73. The monoisotopic (exact) mass is 368 g/mol. The number of sulfonamides is 1. The number of benzene rings is 1. The summed E-state index contributed by atoms with van der Waals surface area (Å²) in [7, 11) is -3.70. The minimum absolute atomic E-state index is 0.0908. The number of anilines is 1. The highest BCUT2D eigenvalue weighted by atomic mass is 79.9. The van der Waals surface area contributed by atoms with Gasteiger partial charge in [0.2, 0.25) is 0 Å². The summed E-state index contributed by atoms with van der Waals surface area (Å²) in [6.45, 7) is 3.24. The lowest BCUT2D eigenvalue weighted by Gasteiger charge is -2.09. The molecule has 0 fully saturated rings. The molecular formula is C14H13BrN2O3S. The Morgan fingerprint density at radius 2 is 1.86 bits per heavy atom. The van der Waals surface area contributed by atoms with E-state index in [1.54, 1.807) is 6.07 Å². The van der Waals surface area contributed by atoms with Gasteiger partial charge >= 0.3 is 0 Å². The second-order valence-corrected chi connectivity index (χ2v) is 6.95. The summed E-state index contributed by atoms with van der Waals surface area (Å²) in [6.07, 6.45) is 1.43. The Kier molecular flexibility index (Phi) is 4.43. The molecular weight excluding hydrogens is 356 g/mol. The number of ketones is 1. The number of hydrogen-bond acceptors (Lipinski definition) is 4. The molecule has 0 aliphatic rings. The van der Waals surface area contributed by atoms with Crippen LogP contribution in [0.25, 0.3) is 0 Å². The number of nitrogens with zero attached hydrogens (tertiary/aromatic N) is 1. The smallest absolute Gasteiger partial charge is 0.261 e. The second-order valence-electron chi connectivity index (χ2n) is 4.52. The van der Waals surface area contributed by atoms with Crippen molar-refractivity contribution in [2.45, 2.75) is 18.7 Å². The maximum atomic E-state index is 12.2. The first-order chi connectivity index (χ1) is 9.79. The lowest BCUT2D eigenvalue weighted by Crippen LogP contribution is -2.13. The average Bonchev–Trinajstić information content (AvgIpc) is 2.43. The number of aromatic nitrogens is 1. The van der Waals surface area contributed by atoms with E-state index in [0.29, 0.717) is 15.9 Å². The van der Waals surface area contributed by atoms with E-state index < -0.39 is 10.0 Å². The highest BCUT2D eigenvalue weighted by molar-refractivity contribution is 9.10. The molecule has 1 aromatic carbocycles. The fourth-order valence-corrected chi connectivity index (χ4v) is 2.95. The summed E-state index contributed by atoms with van der Waals surface area (Å²) < 4.78 is 27.6. The molecule has 0 amide bonds. The van der Waals surface area contributed by atoms with Gasteiger partial charge in [0, 0.05) is 5.56 Å². The van der Waals surface area contributed by atoms with E-state index in [0.717, 1.165) is 5.56 Å². The SMILES string of the molecule is CC(=O)c1ccc(S(=O)(=O)Nc2cnc(Br)c(C)c2)cc1. The molecule has 2 aromatic rings. The van der Waals surface area contributed by atoms with Gasteiger partial charge < -0.3 is 0 Å². The third kappa shape index (κ3) is 3.68. The van der Waals surface area contributed by atoms with Gasteiger partial charge in [-0.15, -0.1) is 0 Å². The molecule has 21 heavy (non-hydrogen) atoms. The maximum absolute atomic E-state index is 12.2. The average molecular weight is 369 g/mol. The van der Waals surface area contributed by atoms with E-state index in [-0.39, 0.29) is 10.7 Å². The van der Waals surface area contributed by atoms with Crippen molar-refractivity contribution in [1.29, 1.82) is 0 Å². The van der Waals surface area contributed by atoms with E-state index >= 15 is 0 Å². The molecule has 0 aliphatic heterocycles. The van der Waals surface area contributed by atoms with Crippen LogP contribution in [0, 0.1) is 6.92 Å². The molecule has 1 heterocycles. The number of nitrogens with one attached hydrogen (secondary N) is 1. The number of rotatable bonds is 4. The summed E-state index contributed by atoms with van der Waals surface area (Å²) in [6, 6.07) is 7.46. The first kappa shape index (κ1) is 15.7. The zero-order valence-corrected chi connectivity index (χ0v) is 13.8. The molecule has 0 spiro atoms. The summed E-state index contributed by atoms with van der Waals surface area (Å²) in [5.74, 6) is -0.111. The topological polar surface area (TPSA) is 76.1 Å². The molecule has 0 saturated heterocycles. The highest BCUT2D eigenvalue weighted by Crippen LogP contribution is 2.20. The molecule has 0 atom stereocenters. The van der Waals surface area contributed by atoms with Crippen molar-refractivity contribution in [3.05, 3.63) is 52.3 Å². The van der Waals surface area contributed by atoms with Gasteiger partial charge in [-0.1, -0.05) is 12.1 Å². The van der Waals surface area contributed by atoms with Gasteiger partial charge in [-0.2, -0.15) is 0 Å². The zero-order chi connectivity index (χ0) is 15.6. The second kappa shape index (κ2) is 5.95. The fraction of sp³-hybridized carbons (Fsp3) is 0.143. The molecule has 7 heteroatoms. The Labute approximate surface area is 131 Å². The van der Waals surface area contributed by atoms with Crippen molar-refractivity contribution in [3.8, 4) is 0 Å². The Balaban J connectivity index is 2.29. The van der Waals surface area contributed by atoms with Gasteiger partial charge in [-0.3, -0.25) is 9.52 Å². The van der Waals surface area contributed by atoms with Crippen LogP contribution in [-0.2, 0) is 10.0 Å². The van der Waals surface area contributed by atoms with Crippen molar-refractivity contribution in [3.63, 3.8) is 0 Å². The van der Waals surface area contributed by atoms with Gasteiger partial charge in [0.25, 0.3) is 10.0 Å². The Morgan fingerprint density at radius 1 is 1.24 bits per heavy atom. The number of hydrogen-bond donors (Lipinski definition) is 1. The summed E-state index contributed by atoms with van der Waals surface area (Å²) in [5, 5.41) is 0. The molecule has 2 rings (SSSR count). The van der Waals surface area contributed by atoms with Crippen molar-refractivity contribution < 1.29 is 13.2 Å². The van der Waals surface area contributed by atoms with E-state index in [1.807, 2.05) is 6.92 Å². The number of halogens is 1.